The molecule has 136 valence electrons. The van der Waals surface area contributed by atoms with E-state index < -0.39 is 9.84 Å². The Morgan fingerprint density at radius 1 is 1.31 bits per heavy atom. The largest absolute Gasteiger partial charge is 0.338 e. The molecule has 1 aliphatic heterocycles. The molecule has 0 spiro atoms. The van der Waals surface area contributed by atoms with Gasteiger partial charge in [0.05, 0.1) is 23.2 Å². The number of para-hydroxylation sites is 1. The lowest BCUT2D eigenvalue weighted by Crippen LogP contribution is -2.22. The van der Waals surface area contributed by atoms with Crippen LogP contribution in [0.1, 0.15) is 18.2 Å². The van der Waals surface area contributed by atoms with Crippen LogP contribution in [-0.2, 0) is 21.2 Å². The average molecular weight is 372 g/mol. The summed E-state index contributed by atoms with van der Waals surface area (Å²) in [5, 5.41) is 8.35. The van der Waals surface area contributed by atoms with Crippen LogP contribution in [0.15, 0.2) is 42.6 Å². The van der Waals surface area contributed by atoms with Crippen LogP contribution in [0.2, 0.25) is 0 Å². The van der Waals surface area contributed by atoms with Crippen LogP contribution in [0.4, 0.5) is 5.82 Å². The van der Waals surface area contributed by atoms with Crippen molar-refractivity contribution in [2.45, 2.75) is 25.9 Å². The summed E-state index contributed by atoms with van der Waals surface area (Å²) in [5.74, 6) is 0.609. The second kappa shape index (κ2) is 6.28. The summed E-state index contributed by atoms with van der Waals surface area (Å²) in [6.45, 7) is 2.01. The van der Waals surface area contributed by atoms with E-state index in [1.807, 2.05) is 48.0 Å². The number of fused-ring (bicyclic) bond motifs is 1. The third-order valence-corrected chi connectivity index (χ3v) is 6.42. The number of hydrogen-bond donors (Lipinski definition) is 1. The first-order chi connectivity index (χ1) is 12.4. The average Bonchev–Trinajstić information content (AvgIpc) is 3.25. The SMILES string of the molecule is Cc1cc(NC(=O)Cn2ccc3ccccc32)n([C@H]2CCS(=O)(=O)C2)n1. The first-order valence-corrected chi connectivity index (χ1v) is 10.3. The van der Waals surface area contributed by atoms with E-state index in [-0.39, 0.29) is 30.0 Å². The Morgan fingerprint density at radius 3 is 2.88 bits per heavy atom. The summed E-state index contributed by atoms with van der Waals surface area (Å²) in [5.41, 5.74) is 1.74. The quantitative estimate of drug-likeness (QED) is 0.760. The van der Waals surface area contributed by atoms with E-state index in [4.69, 9.17) is 0 Å². The molecule has 1 N–H and O–H groups in total. The number of carbonyl (C=O) groups is 1. The minimum atomic E-state index is -3.02. The Morgan fingerprint density at radius 2 is 2.12 bits per heavy atom. The topological polar surface area (TPSA) is 86.0 Å². The number of sulfone groups is 1. The number of rotatable bonds is 4. The number of nitrogens with zero attached hydrogens (tertiary/aromatic N) is 3. The Kier molecular flexibility index (Phi) is 4.07. The number of aromatic nitrogens is 3. The predicted molar refractivity (Wildman–Crippen MR) is 99.8 cm³/mol. The molecule has 26 heavy (non-hydrogen) atoms. The fraction of sp³-hybridized carbons (Fsp3) is 0.333. The van der Waals surface area contributed by atoms with Gasteiger partial charge >= 0.3 is 0 Å². The lowest BCUT2D eigenvalue weighted by atomic mass is 10.2. The van der Waals surface area contributed by atoms with Crippen LogP contribution in [0, 0.1) is 6.92 Å². The van der Waals surface area contributed by atoms with Crippen molar-refractivity contribution >= 4 is 32.5 Å². The van der Waals surface area contributed by atoms with Gasteiger partial charge < -0.3 is 9.88 Å². The Hall–Kier alpha value is -2.61. The molecule has 2 aromatic heterocycles. The molecule has 3 heterocycles. The summed E-state index contributed by atoms with van der Waals surface area (Å²) in [4.78, 5) is 12.5. The molecule has 4 rings (SSSR count). The van der Waals surface area contributed by atoms with E-state index in [9.17, 15) is 13.2 Å². The van der Waals surface area contributed by atoms with E-state index in [2.05, 4.69) is 10.4 Å². The van der Waals surface area contributed by atoms with E-state index in [0.29, 0.717) is 12.2 Å². The van der Waals surface area contributed by atoms with Gasteiger partial charge in [-0.1, -0.05) is 18.2 Å². The molecule has 3 aromatic rings. The van der Waals surface area contributed by atoms with E-state index in [0.717, 1.165) is 16.6 Å². The van der Waals surface area contributed by atoms with Gasteiger partial charge in [-0.2, -0.15) is 5.10 Å². The van der Waals surface area contributed by atoms with Gasteiger partial charge in [0.15, 0.2) is 9.84 Å². The molecular formula is C18H20N4O3S. The van der Waals surface area contributed by atoms with Crippen molar-refractivity contribution < 1.29 is 13.2 Å². The molecule has 1 amide bonds. The zero-order valence-corrected chi connectivity index (χ0v) is 15.2. The third kappa shape index (κ3) is 3.24. The fourth-order valence-corrected chi connectivity index (χ4v) is 5.16. The standard InChI is InChI=1S/C18H20N4O3S/c1-13-10-17(22(20-13)15-7-9-26(24,25)12-15)19-18(23)11-21-8-6-14-4-2-3-5-16(14)21/h2-6,8,10,15H,7,9,11-12H2,1H3,(H,19,23)/t15-/m0/s1. The van der Waals surface area contributed by atoms with Gasteiger partial charge in [-0.25, -0.2) is 13.1 Å². The van der Waals surface area contributed by atoms with Crippen LogP contribution >= 0.6 is 0 Å². The van der Waals surface area contributed by atoms with Gasteiger partial charge in [-0.05, 0) is 30.9 Å². The molecule has 0 unspecified atom stereocenters. The molecule has 0 saturated carbocycles. The highest BCUT2D eigenvalue weighted by Gasteiger charge is 2.31. The van der Waals surface area contributed by atoms with Crippen LogP contribution in [-0.4, -0.2) is 40.2 Å². The summed E-state index contributed by atoms with van der Waals surface area (Å²) in [7, 11) is -3.02. The van der Waals surface area contributed by atoms with E-state index in [1.54, 1.807) is 10.7 Å². The second-order valence-corrected chi connectivity index (χ2v) is 8.95. The lowest BCUT2D eigenvalue weighted by Gasteiger charge is -2.14. The number of hydrogen-bond acceptors (Lipinski definition) is 4. The highest BCUT2D eigenvalue weighted by atomic mass is 32.2. The minimum absolute atomic E-state index is 0.0687. The van der Waals surface area contributed by atoms with Crippen LogP contribution in [0.5, 0.6) is 0 Å². The third-order valence-electron chi connectivity index (χ3n) is 4.67. The fourth-order valence-electron chi connectivity index (χ4n) is 3.47. The van der Waals surface area contributed by atoms with Crippen LogP contribution < -0.4 is 5.32 Å². The van der Waals surface area contributed by atoms with Gasteiger partial charge in [0.2, 0.25) is 5.91 Å². The van der Waals surface area contributed by atoms with Gasteiger partial charge in [-0.3, -0.25) is 4.79 Å². The molecule has 7 nitrogen and oxygen atoms in total. The minimum Gasteiger partial charge on any atom is -0.338 e. The molecule has 8 heteroatoms. The monoisotopic (exact) mass is 372 g/mol. The summed E-state index contributed by atoms with van der Waals surface area (Å²) >= 11 is 0. The van der Waals surface area contributed by atoms with Crippen molar-refractivity contribution in [2.24, 2.45) is 0 Å². The molecule has 1 saturated heterocycles. The second-order valence-electron chi connectivity index (χ2n) is 6.72. The summed E-state index contributed by atoms with van der Waals surface area (Å²) < 4.78 is 27.0. The highest BCUT2D eigenvalue weighted by Crippen LogP contribution is 2.27. The number of aryl methyl sites for hydroxylation is 1. The summed E-state index contributed by atoms with van der Waals surface area (Å²) in [6.07, 6.45) is 2.41. The Bertz CT molecular complexity index is 1080. The molecule has 0 radical (unpaired) electrons. The zero-order chi connectivity index (χ0) is 18.3. The van der Waals surface area contributed by atoms with Crippen LogP contribution in [0.25, 0.3) is 10.9 Å². The number of carbonyl (C=O) groups excluding carboxylic acids is 1. The number of anilines is 1. The van der Waals surface area contributed by atoms with Crippen molar-refractivity contribution in [3.63, 3.8) is 0 Å². The number of amides is 1. The maximum atomic E-state index is 12.5. The normalized spacial score (nSPS) is 19.0. The zero-order valence-electron chi connectivity index (χ0n) is 14.4. The highest BCUT2D eigenvalue weighted by molar-refractivity contribution is 7.91. The van der Waals surface area contributed by atoms with Crippen molar-refractivity contribution in [2.75, 3.05) is 16.8 Å². The predicted octanol–water partition coefficient (Wildman–Crippen LogP) is 2.14. The van der Waals surface area contributed by atoms with Gasteiger partial charge in [0.25, 0.3) is 0 Å². The lowest BCUT2D eigenvalue weighted by molar-refractivity contribution is -0.116. The summed E-state index contributed by atoms with van der Waals surface area (Å²) in [6, 6.07) is 11.4. The molecular weight excluding hydrogens is 352 g/mol. The van der Waals surface area contributed by atoms with Crippen molar-refractivity contribution in [3.05, 3.63) is 48.3 Å². The van der Waals surface area contributed by atoms with Crippen molar-refractivity contribution in [1.29, 1.82) is 0 Å². The van der Waals surface area contributed by atoms with Crippen molar-refractivity contribution in [3.8, 4) is 0 Å². The molecule has 1 atom stereocenters. The van der Waals surface area contributed by atoms with Gasteiger partial charge in [0.1, 0.15) is 12.4 Å². The Balaban J connectivity index is 1.53. The van der Waals surface area contributed by atoms with E-state index in [1.165, 1.54) is 0 Å². The van der Waals surface area contributed by atoms with Gasteiger partial charge in [0, 0.05) is 17.8 Å². The van der Waals surface area contributed by atoms with Crippen molar-refractivity contribution in [1.82, 2.24) is 14.3 Å². The Labute approximate surface area is 151 Å². The number of nitrogens with one attached hydrogen (secondary N) is 1. The molecule has 1 fully saturated rings. The molecule has 0 aliphatic carbocycles. The smallest absolute Gasteiger partial charge is 0.245 e. The molecule has 1 aromatic carbocycles. The maximum absolute atomic E-state index is 12.5. The maximum Gasteiger partial charge on any atom is 0.245 e. The first-order valence-electron chi connectivity index (χ1n) is 8.52. The number of benzene rings is 1. The van der Waals surface area contributed by atoms with E-state index >= 15 is 0 Å². The van der Waals surface area contributed by atoms with Gasteiger partial charge in [-0.15, -0.1) is 0 Å². The van der Waals surface area contributed by atoms with Crippen LogP contribution in [0.3, 0.4) is 0 Å². The molecule has 0 bridgehead atoms. The first kappa shape index (κ1) is 16.8. The molecule has 1 aliphatic rings.